The molecule has 5 unspecified atom stereocenters. The summed E-state index contributed by atoms with van der Waals surface area (Å²) in [6, 6.07) is 64.8. The van der Waals surface area contributed by atoms with E-state index >= 15 is 0 Å². The third-order valence-electron chi connectivity index (χ3n) is 16.9. The summed E-state index contributed by atoms with van der Waals surface area (Å²) in [6.07, 6.45) is 6.05. The van der Waals surface area contributed by atoms with Gasteiger partial charge in [-0.15, -0.1) is 0 Å². The molecule has 7 aromatic carbocycles. The number of carbonyl (C=O) groups excluding carboxylic acids is 2. The Hall–Kier alpha value is -9.54. The first-order valence-electron chi connectivity index (χ1n) is 39.6. The smallest absolute Gasteiger partial charge is 0.407 e. The number of benzene rings is 7. The van der Waals surface area contributed by atoms with Crippen LogP contribution >= 0.6 is 0 Å². The molecule has 9 rings (SSSR count). The maximum Gasteiger partial charge on any atom is 0.407 e. The predicted molar refractivity (Wildman–Crippen MR) is 493 cm³/mol. The summed E-state index contributed by atoms with van der Waals surface area (Å²) >= 11 is 0. The van der Waals surface area contributed by atoms with Crippen LogP contribution in [0.25, 0.3) is 21.5 Å². The fourth-order valence-electron chi connectivity index (χ4n) is 11.6. The van der Waals surface area contributed by atoms with Crippen LogP contribution in [-0.4, -0.2) is 228 Å². The highest BCUT2D eigenvalue weighted by molar-refractivity contribution is 5.82. The number of hydrogen-bond donors (Lipinski definition) is 10. The van der Waals surface area contributed by atoms with Gasteiger partial charge in [-0.3, -0.25) is 9.97 Å². The van der Waals surface area contributed by atoms with Gasteiger partial charge in [0, 0.05) is 119 Å². The third kappa shape index (κ3) is 51.8. The van der Waals surface area contributed by atoms with E-state index in [4.69, 9.17) is 44.0 Å². The summed E-state index contributed by atoms with van der Waals surface area (Å²) in [6.45, 7) is 26.2. The Morgan fingerprint density at radius 3 is 0.975 bits per heavy atom. The Bertz CT molecular complexity index is 3880. The molecule has 0 aliphatic heterocycles. The van der Waals surface area contributed by atoms with Gasteiger partial charge in [0.15, 0.2) is 0 Å². The molecule has 0 aliphatic rings. The minimum atomic E-state index is -0.607. The van der Waals surface area contributed by atoms with E-state index in [0.29, 0.717) is 57.9 Å². The van der Waals surface area contributed by atoms with Crippen LogP contribution in [0.15, 0.2) is 225 Å². The zero-order chi connectivity index (χ0) is 83.8. The average molecular weight is 1670 g/mol. The lowest BCUT2D eigenvalue weighted by atomic mass is 10.1. The second-order valence-electron chi connectivity index (χ2n) is 31.0. The van der Waals surface area contributed by atoms with Crippen LogP contribution in [0, 0.1) is 0 Å². The summed E-state index contributed by atoms with van der Waals surface area (Å²) in [4.78, 5) is 37.8. The van der Waals surface area contributed by atoms with Gasteiger partial charge < -0.3 is 100 Å². The van der Waals surface area contributed by atoms with Crippen molar-refractivity contribution in [2.24, 2.45) is 5.73 Å². The maximum absolute atomic E-state index is 11.7. The first kappa shape index (κ1) is 110. The fraction of sp³-hybridized carbons (Fsp3) is 0.479. The number of para-hydroxylation sites is 5. The van der Waals surface area contributed by atoms with Gasteiger partial charge in [-0.1, -0.05) is 152 Å². The van der Waals surface area contributed by atoms with Crippen LogP contribution in [0.2, 0.25) is 0 Å². The van der Waals surface area contributed by atoms with Gasteiger partial charge in [0.1, 0.15) is 97.4 Å². The number of aliphatic hydroxyl groups is 5. The summed E-state index contributed by atoms with van der Waals surface area (Å²) in [7, 11) is 5.93. The Morgan fingerprint density at radius 1 is 0.375 bits per heavy atom. The largest absolute Gasteiger partial charge is 0.491 e. The molecule has 2 aromatic heterocycles. The van der Waals surface area contributed by atoms with E-state index in [1.807, 2.05) is 270 Å². The number of carbonyl (C=O) groups is 2. The number of likely N-dealkylation sites (N-methyl/N-ethyl adjacent to an activating group) is 3. The van der Waals surface area contributed by atoms with E-state index in [9.17, 15) is 30.0 Å². The Kier molecular flexibility index (Phi) is 56.8. The maximum atomic E-state index is 11.7. The van der Waals surface area contributed by atoms with E-state index in [1.54, 1.807) is 0 Å². The van der Waals surface area contributed by atoms with Crippen molar-refractivity contribution in [1.29, 1.82) is 0 Å². The molecule has 2 heterocycles. The van der Waals surface area contributed by atoms with Crippen molar-refractivity contribution in [1.82, 2.24) is 45.9 Å². The number of amides is 2. The fourth-order valence-corrected chi connectivity index (χ4v) is 11.6. The number of aliphatic hydroxyl groups excluding tert-OH is 5. The van der Waals surface area contributed by atoms with Gasteiger partial charge in [0.05, 0.1) is 6.10 Å². The van der Waals surface area contributed by atoms with Crippen LogP contribution in [0.5, 0.6) is 28.7 Å². The lowest BCUT2D eigenvalue weighted by molar-refractivity contribution is 0.0476. The Balaban J connectivity index is 0.00000149. The van der Waals surface area contributed by atoms with E-state index in [1.165, 1.54) is 21.9 Å². The average Bonchev–Trinajstić information content (AvgIpc) is 0.844. The van der Waals surface area contributed by atoms with Crippen molar-refractivity contribution in [3.8, 4) is 28.7 Å². The molecule has 24 heteroatoms. The molecule has 9 aromatic rings. The highest BCUT2D eigenvalue weighted by Gasteiger charge is 2.22. The van der Waals surface area contributed by atoms with Crippen molar-refractivity contribution in [2.75, 3.05) is 100.0 Å². The minimum absolute atomic E-state index is 0. The third-order valence-corrected chi connectivity index (χ3v) is 16.9. The van der Waals surface area contributed by atoms with E-state index < -0.39 is 53.9 Å². The number of alkyl carbamates (subject to hydrolysis) is 2. The van der Waals surface area contributed by atoms with Crippen LogP contribution in [-0.2, 0) is 22.6 Å². The molecule has 0 saturated carbocycles. The molecule has 0 saturated heterocycles. The number of pyridine rings is 2. The van der Waals surface area contributed by atoms with Crippen LogP contribution in [0.4, 0.5) is 9.59 Å². The number of nitrogens with one attached hydrogen (secondary N) is 4. The van der Waals surface area contributed by atoms with Crippen LogP contribution in [0.1, 0.15) is 137 Å². The number of nitrogens with zero attached hydrogens (tertiary/aromatic N) is 5. The van der Waals surface area contributed by atoms with Crippen LogP contribution < -0.4 is 50.7 Å². The molecule has 0 spiro atoms. The van der Waals surface area contributed by atoms with Crippen molar-refractivity contribution in [2.45, 2.75) is 205 Å². The SMILES string of the molecule is C.C.C.C.C.C[C@H](CCCC(O)COc1ccccc1)NC(=O)OC(C)(C)C.C[C@H](CN(C)CC(O)COc1ccccc1)NC(=O)OC(C)(C)C.C[C@H](CN(C)CC(O)COc1ccccc1)NCc1ccc2cnccc2c1.C[C@H](CN(C)CC(O)COc1ccccc1)NCc1ccc2cnccc2c1.NCC(O)COc1ccccc1. The summed E-state index contributed by atoms with van der Waals surface area (Å²) in [5, 5.41) is 66.9. The van der Waals surface area contributed by atoms with Crippen molar-refractivity contribution in [3.63, 3.8) is 0 Å². The van der Waals surface area contributed by atoms with Gasteiger partial charge in [0.25, 0.3) is 0 Å². The minimum Gasteiger partial charge on any atom is -0.491 e. The summed E-state index contributed by atoms with van der Waals surface area (Å²) in [5.74, 6) is 3.81. The van der Waals surface area contributed by atoms with E-state index in [0.717, 1.165) is 78.5 Å². The number of aromatic nitrogens is 2. The molecule has 120 heavy (non-hydrogen) atoms. The summed E-state index contributed by atoms with van der Waals surface area (Å²) in [5.41, 5.74) is 6.71. The molecule has 0 fully saturated rings. The van der Waals surface area contributed by atoms with Crippen LogP contribution in [0.3, 0.4) is 0 Å². The van der Waals surface area contributed by atoms with Gasteiger partial charge in [0.2, 0.25) is 0 Å². The number of rotatable bonds is 40. The van der Waals surface area contributed by atoms with Gasteiger partial charge in [-0.25, -0.2) is 9.59 Å². The molecule has 668 valence electrons. The van der Waals surface area contributed by atoms with Crippen molar-refractivity contribution in [3.05, 3.63) is 236 Å². The lowest BCUT2D eigenvalue weighted by Crippen LogP contribution is -2.45. The van der Waals surface area contributed by atoms with E-state index in [-0.39, 0.29) is 75.6 Å². The molecule has 11 N–H and O–H groups in total. The number of nitrogens with two attached hydrogens (primary N) is 1. The molecule has 0 bridgehead atoms. The zero-order valence-electron chi connectivity index (χ0n) is 69.8. The van der Waals surface area contributed by atoms with Gasteiger partial charge in [-0.05, 0) is 216 Å². The zero-order valence-corrected chi connectivity index (χ0v) is 69.8. The standard InChI is InChI=1S/2C23H29N3O2.C18H30N2O4.C18H29NO4.C9H13NO2.5CH4/c2*1-18(25-13-19-8-9-21-14-24-11-10-20(21)12-19)15-26(2)16-22(27)17-28-23-6-4-3-5-7-23;1-14(19-17(22)24-18(2,3)4)11-20(5)12-15(21)13-23-16-9-7-6-8-10-16;1-14(19-17(21)23-18(2,3)4)9-8-10-15(20)13-22-16-11-6-5-7-12-16;10-6-8(11)7-12-9-4-2-1-3-5-9;;;;;/h2*3-12,14,18,22,25,27H,13,15-17H2,1-2H3;6-10,14-15,21H,11-13H2,1-5H3,(H,19,22);5-7,11-12,14-15,20H,8-10,13H2,1-4H3,(H,19,21);1-5,8,11H,6-7,10H2;5*1H4/t2*18-,22?;2*14-,15?;;;;;;/m1111....../s1. The quantitative estimate of drug-likeness (QED) is 0.0171. The first-order chi connectivity index (χ1) is 54.9. The van der Waals surface area contributed by atoms with Gasteiger partial charge in [-0.2, -0.15) is 0 Å². The number of fused-ring (bicyclic) bond motifs is 2. The van der Waals surface area contributed by atoms with Gasteiger partial charge >= 0.3 is 12.2 Å². The number of hydrogen-bond acceptors (Lipinski definition) is 22. The topological polar surface area (TPSA) is 310 Å². The number of ether oxygens (including phenoxy) is 7. The molecular weight excluding hydrogens is 1520 g/mol. The van der Waals surface area contributed by atoms with Crippen molar-refractivity contribution < 1.29 is 68.3 Å². The summed E-state index contributed by atoms with van der Waals surface area (Å²) < 4.78 is 37.9. The lowest BCUT2D eigenvalue weighted by Gasteiger charge is -2.26. The van der Waals surface area contributed by atoms with Crippen molar-refractivity contribution >= 4 is 33.7 Å². The Labute approximate surface area is 719 Å². The highest BCUT2D eigenvalue weighted by atomic mass is 16.6. The highest BCUT2D eigenvalue weighted by Crippen LogP contribution is 2.19. The first-order valence-corrected chi connectivity index (χ1v) is 39.6. The van der Waals surface area contributed by atoms with E-state index in [2.05, 4.69) is 91.3 Å². The Morgan fingerprint density at radius 2 is 0.667 bits per heavy atom. The molecule has 0 aliphatic carbocycles. The monoisotopic (exact) mass is 1670 g/mol. The second kappa shape index (κ2) is 61.7. The molecule has 2 amide bonds. The molecule has 0 radical (unpaired) electrons. The molecular formula is C96H150N10O14. The normalized spacial score (nSPS) is 13.1. The predicted octanol–water partition coefficient (Wildman–Crippen LogP) is 15.5. The second-order valence-corrected chi connectivity index (χ2v) is 31.0. The molecule has 9 atom stereocenters. The molecule has 24 nitrogen and oxygen atoms in total.